The molecule has 0 saturated carbocycles. The summed E-state index contributed by atoms with van der Waals surface area (Å²) in [7, 11) is 1.74. The Kier molecular flexibility index (Phi) is 5.93. The summed E-state index contributed by atoms with van der Waals surface area (Å²) in [5.41, 5.74) is 2.03. The number of nitrogens with zero attached hydrogens (tertiary/aromatic N) is 5. The number of rotatable bonds is 4. The van der Waals surface area contributed by atoms with Gasteiger partial charge < -0.3 is 15.1 Å². The zero-order chi connectivity index (χ0) is 23.8. The Balaban J connectivity index is 1.50. The largest absolute Gasteiger partial charge is 0.348 e. The molecule has 2 aromatic heterocycles. The molecule has 2 atom stereocenters. The van der Waals surface area contributed by atoms with E-state index >= 15 is 0 Å². The highest BCUT2D eigenvalue weighted by Crippen LogP contribution is 2.29. The second-order valence-corrected chi connectivity index (χ2v) is 9.61. The van der Waals surface area contributed by atoms with Gasteiger partial charge in [-0.05, 0) is 47.0 Å². The molecule has 2 saturated heterocycles. The average Bonchev–Trinajstić information content (AvgIpc) is 3.22. The molecule has 4 amide bonds. The molecule has 2 fully saturated rings. The van der Waals surface area contributed by atoms with Gasteiger partial charge in [-0.15, -0.1) is 11.3 Å². The second-order valence-electron chi connectivity index (χ2n) is 8.70. The monoisotopic (exact) mass is 478 g/mol. The lowest BCUT2D eigenvalue weighted by Gasteiger charge is -2.52. The van der Waals surface area contributed by atoms with Crippen LogP contribution < -0.4 is 5.32 Å². The first-order valence-corrected chi connectivity index (χ1v) is 12.0. The number of pyridine rings is 1. The van der Waals surface area contributed by atoms with Gasteiger partial charge in [0, 0.05) is 37.2 Å². The smallest absolute Gasteiger partial charge is 0.337 e. The van der Waals surface area contributed by atoms with Crippen LogP contribution >= 0.6 is 11.3 Å². The number of piperazine rings is 1. The number of urea groups is 1. The number of benzene rings is 1. The third kappa shape index (κ3) is 4.10. The number of amides is 4. The molecule has 1 N–H and O–H groups in total. The maximum Gasteiger partial charge on any atom is 0.337 e. The van der Waals surface area contributed by atoms with Gasteiger partial charge in [-0.25, -0.2) is 14.8 Å². The fourth-order valence-electron chi connectivity index (χ4n) is 4.70. The highest BCUT2D eigenvalue weighted by atomic mass is 32.1. The van der Waals surface area contributed by atoms with E-state index in [1.165, 1.54) is 9.60 Å². The van der Waals surface area contributed by atoms with E-state index in [-0.39, 0.29) is 30.9 Å². The summed E-state index contributed by atoms with van der Waals surface area (Å²) < 4.78 is 1.17. The Morgan fingerprint density at radius 2 is 1.91 bits per heavy atom. The Morgan fingerprint density at radius 3 is 2.71 bits per heavy atom. The van der Waals surface area contributed by atoms with Crippen molar-refractivity contribution in [3.63, 3.8) is 0 Å². The van der Waals surface area contributed by atoms with Crippen molar-refractivity contribution in [2.45, 2.75) is 32.2 Å². The third-order valence-corrected chi connectivity index (χ3v) is 7.30. The van der Waals surface area contributed by atoms with E-state index < -0.39 is 12.2 Å². The van der Waals surface area contributed by atoms with Crippen molar-refractivity contribution in [1.29, 1.82) is 0 Å². The molecule has 9 nitrogen and oxygen atoms in total. The van der Waals surface area contributed by atoms with Gasteiger partial charge in [-0.2, -0.15) is 0 Å². The summed E-state index contributed by atoms with van der Waals surface area (Å²) in [6, 6.07) is 11.3. The van der Waals surface area contributed by atoms with Crippen LogP contribution in [-0.2, 0) is 22.7 Å². The maximum atomic E-state index is 14.1. The summed E-state index contributed by atoms with van der Waals surface area (Å²) in [6.07, 6.45) is 2.84. The van der Waals surface area contributed by atoms with Crippen LogP contribution in [-0.4, -0.2) is 75.0 Å². The van der Waals surface area contributed by atoms with Crippen molar-refractivity contribution in [3.05, 3.63) is 65.3 Å². The topological polar surface area (TPSA) is 89.1 Å². The predicted molar refractivity (Wildman–Crippen MR) is 128 cm³/mol. The zero-order valence-corrected chi connectivity index (χ0v) is 19.9. The summed E-state index contributed by atoms with van der Waals surface area (Å²) in [5, 5.41) is 9.38. The minimum Gasteiger partial charge on any atom is -0.348 e. The number of hydrogen-bond donors (Lipinski definition) is 1. The van der Waals surface area contributed by atoms with Crippen LogP contribution in [0.15, 0.2) is 54.2 Å². The molecule has 0 spiro atoms. The first kappa shape index (κ1) is 22.3. The number of carbonyl (C=O) groups is 3. The predicted octanol–water partition coefficient (Wildman–Crippen LogP) is 2.25. The molecule has 2 unspecified atom stereocenters. The van der Waals surface area contributed by atoms with Gasteiger partial charge in [0.25, 0.3) is 0 Å². The van der Waals surface area contributed by atoms with Gasteiger partial charge in [0.2, 0.25) is 11.8 Å². The minimum absolute atomic E-state index is 0.0344. The molecule has 176 valence electrons. The van der Waals surface area contributed by atoms with E-state index in [1.807, 2.05) is 31.2 Å². The summed E-state index contributed by atoms with van der Waals surface area (Å²) in [6.45, 7) is 2.60. The molecule has 2 aliphatic heterocycles. The Bertz CT molecular complexity index is 1230. The number of aromatic nitrogens is 1. The first-order valence-electron chi connectivity index (χ1n) is 11.1. The molecule has 5 rings (SSSR count). The molecule has 0 radical (unpaired) electrons. The van der Waals surface area contributed by atoms with Crippen LogP contribution in [0.2, 0.25) is 0 Å². The van der Waals surface area contributed by atoms with Crippen molar-refractivity contribution in [2.24, 2.45) is 0 Å². The minimum atomic E-state index is -0.587. The van der Waals surface area contributed by atoms with Crippen LogP contribution in [0.1, 0.15) is 18.1 Å². The fraction of sp³-hybridized carbons (Fsp3) is 0.333. The van der Waals surface area contributed by atoms with Gasteiger partial charge in [-0.3, -0.25) is 14.6 Å². The highest BCUT2D eigenvalue weighted by molar-refractivity contribution is 7.17. The molecular formula is C24H26N6O3S. The summed E-state index contributed by atoms with van der Waals surface area (Å²) in [4.78, 5) is 46.3. The third-order valence-electron chi connectivity index (χ3n) is 6.28. The van der Waals surface area contributed by atoms with E-state index in [1.54, 1.807) is 45.7 Å². The van der Waals surface area contributed by atoms with Gasteiger partial charge in [0.15, 0.2) is 0 Å². The quantitative estimate of drug-likeness (QED) is 0.621. The van der Waals surface area contributed by atoms with Gasteiger partial charge in [-0.1, -0.05) is 18.2 Å². The number of hydrogen-bond acceptors (Lipinski definition) is 6. The number of fused-ring (bicyclic) bond motifs is 2. The van der Waals surface area contributed by atoms with Gasteiger partial charge >= 0.3 is 6.03 Å². The maximum absolute atomic E-state index is 14.1. The highest BCUT2D eigenvalue weighted by Gasteiger charge is 2.47. The Morgan fingerprint density at radius 1 is 1.15 bits per heavy atom. The molecular weight excluding hydrogens is 452 g/mol. The SMILES string of the molecule is CC1NC(=O)CN2C(=O)CN(C)N(C(=O)N(Cc3ccncc3)Cc3csc4ccccc34)C12. The van der Waals surface area contributed by atoms with E-state index in [9.17, 15) is 14.4 Å². The van der Waals surface area contributed by atoms with Crippen LogP contribution in [0, 0.1) is 0 Å². The molecule has 4 heterocycles. The number of likely N-dealkylation sites (N-methyl/N-ethyl adjacent to an activating group) is 1. The van der Waals surface area contributed by atoms with Crippen molar-refractivity contribution in [3.8, 4) is 0 Å². The number of hydrazine groups is 1. The lowest BCUT2D eigenvalue weighted by atomic mass is 10.1. The van der Waals surface area contributed by atoms with E-state index in [2.05, 4.69) is 27.8 Å². The Labute approximate surface area is 201 Å². The molecule has 1 aromatic carbocycles. The normalized spacial score (nSPS) is 20.9. The molecule has 34 heavy (non-hydrogen) atoms. The van der Waals surface area contributed by atoms with Crippen molar-refractivity contribution in [2.75, 3.05) is 20.1 Å². The van der Waals surface area contributed by atoms with Crippen molar-refractivity contribution >= 4 is 39.3 Å². The number of nitrogens with one attached hydrogen (secondary N) is 1. The lowest BCUT2D eigenvalue weighted by molar-refractivity contribution is -0.176. The van der Waals surface area contributed by atoms with Gasteiger partial charge in [0.05, 0.1) is 12.6 Å². The lowest BCUT2D eigenvalue weighted by Crippen LogP contribution is -2.75. The van der Waals surface area contributed by atoms with Gasteiger partial charge in [0.1, 0.15) is 12.7 Å². The van der Waals surface area contributed by atoms with E-state index in [4.69, 9.17) is 0 Å². The second kappa shape index (κ2) is 9.03. The number of carbonyl (C=O) groups excluding carboxylic acids is 3. The molecule has 3 aromatic rings. The zero-order valence-electron chi connectivity index (χ0n) is 19.0. The summed E-state index contributed by atoms with van der Waals surface area (Å²) >= 11 is 1.66. The average molecular weight is 479 g/mol. The van der Waals surface area contributed by atoms with Crippen molar-refractivity contribution < 1.29 is 14.4 Å². The fourth-order valence-corrected chi connectivity index (χ4v) is 5.66. The van der Waals surface area contributed by atoms with Crippen LogP contribution in [0.25, 0.3) is 10.1 Å². The first-order chi connectivity index (χ1) is 16.4. The number of thiophene rings is 1. The molecule has 10 heteroatoms. The van der Waals surface area contributed by atoms with Crippen LogP contribution in [0.3, 0.4) is 0 Å². The Hall–Kier alpha value is -3.50. The molecule has 0 aliphatic carbocycles. The standard InChI is InChI=1S/C24H26N6O3S/c1-16-23-29(13-21(31)26-16)22(32)14-27(2)30(23)24(33)28(11-17-7-9-25-10-8-17)12-18-15-34-20-6-4-3-5-19(18)20/h3-10,15-16,23H,11-14H2,1-2H3,(H,26,31). The van der Waals surface area contributed by atoms with Crippen molar-refractivity contribution in [1.82, 2.24) is 30.1 Å². The molecule has 2 aliphatic rings. The van der Waals surface area contributed by atoms with E-state index in [0.29, 0.717) is 13.1 Å². The van der Waals surface area contributed by atoms with Crippen LogP contribution in [0.4, 0.5) is 4.79 Å². The van der Waals surface area contributed by atoms with E-state index in [0.717, 1.165) is 16.5 Å². The van der Waals surface area contributed by atoms with Crippen LogP contribution in [0.5, 0.6) is 0 Å². The summed E-state index contributed by atoms with van der Waals surface area (Å²) in [5.74, 6) is -0.379. The molecule has 0 bridgehead atoms.